The van der Waals surface area contributed by atoms with E-state index < -0.39 is 0 Å². The summed E-state index contributed by atoms with van der Waals surface area (Å²) in [5.74, 6) is 0. The van der Waals surface area contributed by atoms with E-state index in [0.29, 0.717) is 0 Å². The van der Waals surface area contributed by atoms with Gasteiger partial charge in [-0.25, -0.2) is 4.70 Å². The fourth-order valence-corrected chi connectivity index (χ4v) is 4.60. The monoisotopic (exact) mass is 428 g/mol. The molecule has 32 heavy (non-hydrogen) atoms. The Kier molecular flexibility index (Phi) is 9.02. The number of hydrogen-bond acceptors (Lipinski definition) is 0. The minimum absolute atomic E-state index is 0.984. The first kappa shape index (κ1) is 24.2. The SMILES string of the molecule is CCCCC1=C(c2ccc(CC)cc2)[N+](=[N-])C(c2ccc(CCCC)cc2)=C1CCCC. The molecule has 1 heterocycles. The van der Waals surface area contributed by atoms with Gasteiger partial charge < -0.3 is 5.53 Å². The van der Waals surface area contributed by atoms with Gasteiger partial charge in [-0.3, -0.25) is 0 Å². The first-order chi connectivity index (χ1) is 15.6. The maximum absolute atomic E-state index is 11.5. The number of aryl methyl sites for hydroxylation is 2. The Morgan fingerprint density at radius 3 is 1.38 bits per heavy atom. The number of nitrogens with zero attached hydrogens (tertiary/aromatic N) is 2. The zero-order valence-corrected chi connectivity index (χ0v) is 20.6. The normalized spacial score (nSPS) is 14.1. The maximum atomic E-state index is 11.5. The molecule has 3 rings (SSSR count). The molecular formula is C30H40N2. The van der Waals surface area contributed by atoms with E-state index in [0.717, 1.165) is 73.9 Å². The lowest BCUT2D eigenvalue weighted by molar-refractivity contribution is -0.345. The molecule has 0 radical (unpaired) electrons. The molecule has 2 nitrogen and oxygen atoms in total. The maximum Gasteiger partial charge on any atom is 0.211 e. The molecule has 1 aliphatic rings. The molecule has 0 bridgehead atoms. The van der Waals surface area contributed by atoms with Gasteiger partial charge in [-0.1, -0.05) is 71.2 Å². The van der Waals surface area contributed by atoms with Crippen LogP contribution < -0.4 is 0 Å². The highest BCUT2D eigenvalue weighted by Crippen LogP contribution is 2.44. The van der Waals surface area contributed by atoms with Crippen LogP contribution in [0.5, 0.6) is 0 Å². The van der Waals surface area contributed by atoms with E-state index in [9.17, 15) is 5.53 Å². The van der Waals surface area contributed by atoms with Crippen molar-refractivity contribution < 1.29 is 4.70 Å². The number of rotatable bonds is 12. The number of unbranched alkanes of at least 4 members (excludes halogenated alkanes) is 3. The average Bonchev–Trinajstić information content (AvgIpc) is 3.11. The number of allylic oxidation sites excluding steroid dienone is 2. The molecule has 0 aliphatic carbocycles. The van der Waals surface area contributed by atoms with Crippen molar-refractivity contribution in [1.82, 2.24) is 0 Å². The van der Waals surface area contributed by atoms with Crippen LogP contribution in [0, 0.1) is 0 Å². The van der Waals surface area contributed by atoms with Gasteiger partial charge in [-0.05, 0) is 80.3 Å². The fourth-order valence-electron chi connectivity index (χ4n) is 4.60. The summed E-state index contributed by atoms with van der Waals surface area (Å²) >= 11 is 0. The highest BCUT2D eigenvalue weighted by atomic mass is 15.2. The summed E-state index contributed by atoms with van der Waals surface area (Å²) in [7, 11) is 0. The third-order valence-corrected chi connectivity index (χ3v) is 6.60. The molecule has 2 heteroatoms. The van der Waals surface area contributed by atoms with Crippen molar-refractivity contribution in [2.24, 2.45) is 0 Å². The van der Waals surface area contributed by atoms with Crippen molar-refractivity contribution in [2.45, 2.75) is 91.9 Å². The summed E-state index contributed by atoms with van der Waals surface area (Å²) in [6.45, 7) is 8.91. The smallest absolute Gasteiger partial charge is 0.211 e. The second-order valence-corrected chi connectivity index (χ2v) is 9.02. The van der Waals surface area contributed by atoms with E-state index in [1.165, 1.54) is 39.8 Å². The predicted molar refractivity (Wildman–Crippen MR) is 137 cm³/mol. The molecule has 0 N–H and O–H groups in total. The van der Waals surface area contributed by atoms with Gasteiger partial charge in [0.1, 0.15) is 0 Å². The van der Waals surface area contributed by atoms with Gasteiger partial charge in [0.05, 0.1) is 0 Å². The lowest BCUT2D eigenvalue weighted by atomic mass is 9.92. The molecule has 2 aromatic rings. The van der Waals surface area contributed by atoms with Crippen molar-refractivity contribution in [3.8, 4) is 0 Å². The van der Waals surface area contributed by atoms with Crippen LogP contribution >= 0.6 is 0 Å². The summed E-state index contributed by atoms with van der Waals surface area (Å²) in [4.78, 5) is 0. The van der Waals surface area contributed by atoms with Crippen molar-refractivity contribution in [1.29, 1.82) is 0 Å². The molecule has 0 unspecified atom stereocenters. The molecule has 0 atom stereocenters. The first-order valence-corrected chi connectivity index (χ1v) is 12.8. The minimum atomic E-state index is 0.984. The van der Waals surface area contributed by atoms with Crippen LogP contribution in [0.25, 0.3) is 16.9 Å². The Bertz CT molecular complexity index is 959. The molecule has 170 valence electrons. The molecule has 0 saturated heterocycles. The fraction of sp³-hybridized carbons (Fsp3) is 0.467. The van der Waals surface area contributed by atoms with Crippen molar-refractivity contribution in [3.63, 3.8) is 0 Å². The Morgan fingerprint density at radius 1 is 0.562 bits per heavy atom. The van der Waals surface area contributed by atoms with Gasteiger partial charge in [0.2, 0.25) is 11.4 Å². The third-order valence-electron chi connectivity index (χ3n) is 6.60. The predicted octanol–water partition coefficient (Wildman–Crippen LogP) is 9.14. The number of benzene rings is 2. The lowest BCUT2D eigenvalue weighted by Gasteiger charge is -2.10. The average molecular weight is 429 g/mol. The Labute approximate surface area is 195 Å². The Morgan fingerprint density at radius 2 is 0.969 bits per heavy atom. The minimum Gasteiger partial charge on any atom is -0.493 e. The zero-order valence-electron chi connectivity index (χ0n) is 20.6. The lowest BCUT2D eigenvalue weighted by Crippen LogP contribution is -2.03. The van der Waals surface area contributed by atoms with Gasteiger partial charge in [0.25, 0.3) is 0 Å². The zero-order chi connectivity index (χ0) is 22.9. The van der Waals surface area contributed by atoms with Gasteiger partial charge in [0, 0.05) is 22.3 Å². The van der Waals surface area contributed by atoms with Crippen LogP contribution in [-0.2, 0) is 12.8 Å². The first-order valence-electron chi connectivity index (χ1n) is 12.8. The molecule has 0 amide bonds. The van der Waals surface area contributed by atoms with Crippen LogP contribution in [0.4, 0.5) is 0 Å². The van der Waals surface area contributed by atoms with Crippen molar-refractivity contribution >= 4 is 11.4 Å². The van der Waals surface area contributed by atoms with Gasteiger partial charge in [0.15, 0.2) is 0 Å². The second-order valence-electron chi connectivity index (χ2n) is 9.02. The summed E-state index contributed by atoms with van der Waals surface area (Å²) in [5, 5.41) is 0. The summed E-state index contributed by atoms with van der Waals surface area (Å²) in [5.41, 5.74) is 21.1. The van der Waals surface area contributed by atoms with E-state index in [2.05, 4.69) is 76.2 Å². The second kappa shape index (κ2) is 11.9. The van der Waals surface area contributed by atoms with E-state index in [1.807, 2.05) is 0 Å². The van der Waals surface area contributed by atoms with E-state index in [-0.39, 0.29) is 0 Å². The van der Waals surface area contributed by atoms with Crippen LogP contribution in [0.15, 0.2) is 59.7 Å². The largest absolute Gasteiger partial charge is 0.493 e. The van der Waals surface area contributed by atoms with Crippen LogP contribution in [0.2, 0.25) is 0 Å². The van der Waals surface area contributed by atoms with E-state index >= 15 is 0 Å². The van der Waals surface area contributed by atoms with Crippen LogP contribution in [0.3, 0.4) is 0 Å². The van der Waals surface area contributed by atoms with Gasteiger partial charge >= 0.3 is 0 Å². The van der Waals surface area contributed by atoms with Gasteiger partial charge in [-0.2, -0.15) is 0 Å². The number of hydrogen-bond donors (Lipinski definition) is 0. The highest BCUT2D eigenvalue weighted by Gasteiger charge is 2.34. The molecular weight excluding hydrogens is 388 g/mol. The van der Waals surface area contributed by atoms with E-state index in [4.69, 9.17) is 0 Å². The molecule has 2 aromatic carbocycles. The standard InChI is InChI=1S/C30H40N2/c1-5-9-12-24-17-21-26(22-18-24)30-28(14-11-7-3)27(13-10-6-2)29(32(30)31)25-19-15-23(8-4)16-20-25/h15-22H,5-14H2,1-4H3. The van der Waals surface area contributed by atoms with Crippen molar-refractivity contribution in [2.75, 3.05) is 0 Å². The van der Waals surface area contributed by atoms with E-state index in [1.54, 1.807) is 0 Å². The highest BCUT2D eigenvalue weighted by molar-refractivity contribution is 5.82. The Balaban J connectivity index is 2.06. The molecule has 1 aliphatic heterocycles. The van der Waals surface area contributed by atoms with Crippen molar-refractivity contribution in [3.05, 3.63) is 87.5 Å². The van der Waals surface area contributed by atoms with Crippen LogP contribution in [0.1, 0.15) is 101 Å². The third kappa shape index (κ3) is 5.46. The summed E-state index contributed by atoms with van der Waals surface area (Å²) < 4.78 is 1.50. The molecule has 0 fully saturated rings. The van der Waals surface area contributed by atoms with Crippen LogP contribution in [-0.4, -0.2) is 4.70 Å². The topological polar surface area (TPSA) is 25.3 Å². The quantitative estimate of drug-likeness (QED) is 0.301. The Hall–Kier alpha value is -2.48. The molecule has 0 aromatic heterocycles. The van der Waals surface area contributed by atoms with Gasteiger partial charge in [-0.15, -0.1) is 0 Å². The summed E-state index contributed by atoms with van der Waals surface area (Å²) in [6, 6.07) is 17.6. The molecule has 0 saturated carbocycles. The summed E-state index contributed by atoms with van der Waals surface area (Å²) in [6.07, 6.45) is 11.2. The molecule has 0 spiro atoms.